The van der Waals surface area contributed by atoms with Gasteiger partial charge in [-0.2, -0.15) is 0 Å². The summed E-state index contributed by atoms with van der Waals surface area (Å²) in [4.78, 5) is 22.3. The number of nitrogens with zero attached hydrogens (tertiary/aromatic N) is 4. The highest BCUT2D eigenvalue weighted by molar-refractivity contribution is 7.10. The van der Waals surface area contributed by atoms with Gasteiger partial charge < -0.3 is 14.2 Å². The van der Waals surface area contributed by atoms with Crippen LogP contribution in [-0.2, 0) is 0 Å². The lowest BCUT2D eigenvalue weighted by Crippen LogP contribution is -2.34. The summed E-state index contributed by atoms with van der Waals surface area (Å²) in [6.07, 6.45) is 3.05. The molecule has 1 atom stereocenters. The minimum Gasteiger partial charge on any atom is -0.337 e. The van der Waals surface area contributed by atoms with E-state index in [1.165, 1.54) is 0 Å². The number of amides is 1. The molecule has 1 aliphatic heterocycles. The summed E-state index contributed by atoms with van der Waals surface area (Å²) < 4.78 is 2.09. The average molecular weight is 383 g/mol. The highest BCUT2D eigenvalue weighted by Crippen LogP contribution is 2.31. The fourth-order valence-electron chi connectivity index (χ4n) is 3.71. The number of carbonyl (C=O) groups is 1. The topological polar surface area (TPSA) is 40.9 Å². The minimum absolute atomic E-state index is 0.119. The molecule has 1 fully saturated rings. The molecule has 0 aromatic carbocycles. The fraction of sp³-hybridized carbons (Fsp3) is 0.429. The molecule has 1 unspecified atom stereocenters. The van der Waals surface area contributed by atoms with Crippen LogP contribution in [0.3, 0.4) is 0 Å². The maximum Gasteiger partial charge on any atom is 0.256 e. The van der Waals surface area contributed by atoms with Gasteiger partial charge in [-0.1, -0.05) is 19.9 Å². The molecule has 4 heterocycles. The number of hydrogen-bond acceptors (Lipinski definition) is 4. The van der Waals surface area contributed by atoms with Crippen LogP contribution in [0.25, 0.3) is 16.9 Å². The van der Waals surface area contributed by atoms with E-state index in [2.05, 4.69) is 42.6 Å². The van der Waals surface area contributed by atoms with Crippen LogP contribution >= 0.6 is 11.3 Å². The maximum absolute atomic E-state index is 13.3. The molecule has 3 aromatic rings. The first-order valence-electron chi connectivity index (χ1n) is 9.47. The van der Waals surface area contributed by atoms with Crippen molar-refractivity contribution in [1.82, 2.24) is 19.2 Å². The number of likely N-dealkylation sites (N-methyl/N-ethyl adjacent to an activating group) is 1. The van der Waals surface area contributed by atoms with Crippen molar-refractivity contribution in [3.63, 3.8) is 0 Å². The third-order valence-electron chi connectivity index (χ3n) is 5.37. The first-order valence-corrected chi connectivity index (χ1v) is 10.3. The molecule has 1 aliphatic rings. The number of aromatic nitrogens is 2. The Morgan fingerprint density at radius 2 is 2.15 bits per heavy atom. The summed E-state index contributed by atoms with van der Waals surface area (Å²) >= 11 is 1.68. The third-order valence-corrected chi connectivity index (χ3v) is 6.51. The van der Waals surface area contributed by atoms with Crippen molar-refractivity contribution in [2.24, 2.45) is 0 Å². The summed E-state index contributed by atoms with van der Waals surface area (Å²) in [6.45, 7) is 5.92. The first kappa shape index (κ1) is 18.2. The molecule has 0 spiro atoms. The molecule has 27 heavy (non-hydrogen) atoms. The average Bonchev–Trinajstić information content (AvgIpc) is 3.38. The predicted octanol–water partition coefficient (Wildman–Crippen LogP) is 3.96. The Kier molecular flexibility index (Phi) is 4.78. The van der Waals surface area contributed by atoms with Crippen LogP contribution in [0, 0.1) is 0 Å². The lowest BCUT2D eigenvalue weighted by atomic mass is 10.2. The molecule has 1 saturated heterocycles. The second-order valence-corrected chi connectivity index (χ2v) is 8.67. The van der Waals surface area contributed by atoms with Gasteiger partial charge in [0, 0.05) is 36.6 Å². The van der Waals surface area contributed by atoms with Crippen LogP contribution < -0.4 is 0 Å². The quantitative estimate of drug-likeness (QED) is 0.686. The molecule has 3 aromatic heterocycles. The predicted molar refractivity (Wildman–Crippen MR) is 111 cm³/mol. The van der Waals surface area contributed by atoms with E-state index >= 15 is 0 Å². The largest absolute Gasteiger partial charge is 0.337 e. The van der Waals surface area contributed by atoms with Crippen molar-refractivity contribution in [2.45, 2.75) is 32.2 Å². The Balaban J connectivity index is 1.73. The van der Waals surface area contributed by atoms with E-state index in [1.807, 2.05) is 35.4 Å². The lowest BCUT2D eigenvalue weighted by Gasteiger charge is -2.20. The van der Waals surface area contributed by atoms with E-state index in [0.717, 1.165) is 47.0 Å². The fourth-order valence-corrected chi connectivity index (χ4v) is 4.54. The highest BCUT2D eigenvalue weighted by Gasteiger charge is 2.30. The van der Waals surface area contributed by atoms with Crippen molar-refractivity contribution in [2.75, 3.05) is 27.2 Å². The lowest BCUT2D eigenvalue weighted by molar-refractivity contribution is 0.0785. The molecule has 142 valence electrons. The number of fused-ring (bicyclic) bond motifs is 1. The van der Waals surface area contributed by atoms with E-state index in [4.69, 9.17) is 4.98 Å². The third kappa shape index (κ3) is 3.28. The first-order chi connectivity index (χ1) is 13.0. The number of pyridine rings is 1. The van der Waals surface area contributed by atoms with Gasteiger partial charge in [0.15, 0.2) is 0 Å². The number of thiazole rings is 1. The summed E-state index contributed by atoms with van der Waals surface area (Å²) in [5.41, 5.74) is 3.64. The summed E-state index contributed by atoms with van der Waals surface area (Å²) in [7, 11) is 4.16. The van der Waals surface area contributed by atoms with Gasteiger partial charge in [-0.05, 0) is 38.7 Å². The zero-order valence-electron chi connectivity index (χ0n) is 16.3. The van der Waals surface area contributed by atoms with Gasteiger partial charge in [-0.15, -0.1) is 11.3 Å². The number of hydrogen-bond donors (Lipinski definition) is 0. The molecule has 0 aliphatic carbocycles. The Morgan fingerprint density at radius 1 is 1.33 bits per heavy atom. The van der Waals surface area contributed by atoms with Crippen LogP contribution in [0.15, 0.2) is 35.8 Å². The van der Waals surface area contributed by atoms with Gasteiger partial charge in [0.1, 0.15) is 0 Å². The van der Waals surface area contributed by atoms with Crippen LogP contribution in [0.1, 0.15) is 41.6 Å². The minimum atomic E-state index is 0.119. The molecule has 4 rings (SSSR count). The van der Waals surface area contributed by atoms with Crippen molar-refractivity contribution < 1.29 is 4.79 Å². The Hall–Kier alpha value is -2.18. The van der Waals surface area contributed by atoms with Crippen molar-refractivity contribution >= 4 is 22.8 Å². The van der Waals surface area contributed by atoms with Crippen LogP contribution in [-0.4, -0.2) is 58.3 Å². The van der Waals surface area contributed by atoms with E-state index in [0.29, 0.717) is 12.0 Å². The number of likely N-dealkylation sites (tertiary alicyclic amines) is 1. The van der Waals surface area contributed by atoms with Crippen LogP contribution in [0.5, 0.6) is 0 Å². The van der Waals surface area contributed by atoms with Crippen molar-refractivity contribution in [3.05, 3.63) is 46.4 Å². The van der Waals surface area contributed by atoms with Gasteiger partial charge in [0.2, 0.25) is 0 Å². The standard InChI is InChI=1S/C21H26N4OS/c1-14(2)20-22-17(13-27-20)19-11-16(18-7-5-6-9-25(18)19)21(26)24-10-8-15(12-24)23(3)4/h5-7,9,11,13-15H,8,10,12H2,1-4H3. The smallest absolute Gasteiger partial charge is 0.256 e. The number of carbonyl (C=O) groups excluding carboxylic acids is 1. The van der Waals surface area contributed by atoms with E-state index in [1.54, 1.807) is 11.3 Å². The SMILES string of the molecule is CC(C)c1nc(-c2cc(C(=O)N3CCC(N(C)C)C3)c3ccccn23)cs1. The van der Waals surface area contributed by atoms with Crippen LogP contribution in [0.4, 0.5) is 0 Å². The highest BCUT2D eigenvalue weighted by atomic mass is 32.1. The molecular formula is C21H26N4OS. The van der Waals surface area contributed by atoms with Gasteiger partial charge in [-0.3, -0.25) is 4.79 Å². The van der Waals surface area contributed by atoms with E-state index in [-0.39, 0.29) is 5.91 Å². The van der Waals surface area contributed by atoms with Gasteiger partial charge in [-0.25, -0.2) is 4.98 Å². The van der Waals surface area contributed by atoms with E-state index < -0.39 is 0 Å². The molecule has 0 saturated carbocycles. The second-order valence-electron chi connectivity index (χ2n) is 7.78. The monoisotopic (exact) mass is 382 g/mol. The molecule has 5 nitrogen and oxygen atoms in total. The van der Waals surface area contributed by atoms with Gasteiger partial charge in [0.25, 0.3) is 5.91 Å². The molecule has 0 N–H and O–H groups in total. The molecule has 6 heteroatoms. The summed E-state index contributed by atoms with van der Waals surface area (Å²) in [6, 6.07) is 8.46. The molecule has 0 bridgehead atoms. The molecular weight excluding hydrogens is 356 g/mol. The summed E-state index contributed by atoms with van der Waals surface area (Å²) in [5.74, 6) is 0.525. The van der Waals surface area contributed by atoms with Gasteiger partial charge in [0.05, 0.1) is 27.5 Å². The summed E-state index contributed by atoms with van der Waals surface area (Å²) in [5, 5.41) is 3.22. The van der Waals surface area contributed by atoms with Gasteiger partial charge >= 0.3 is 0 Å². The van der Waals surface area contributed by atoms with E-state index in [9.17, 15) is 4.79 Å². The Bertz CT molecular complexity index is 972. The maximum atomic E-state index is 13.3. The zero-order chi connectivity index (χ0) is 19.1. The van der Waals surface area contributed by atoms with Crippen molar-refractivity contribution in [3.8, 4) is 11.4 Å². The second kappa shape index (κ2) is 7.09. The molecule has 1 amide bonds. The normalized spacial score (nSPS) is 17.6. The Morgan fingerprint density at radius 3 is 2.81 bits per heavy atom. The zero-order valence-corrected chi connectivity index (χ0v) is 17.2. The Labute approximate surface area is 164 Å². The molecule has 0 radical (unpaired) electrons. The van der Waals surface area contributed by atoms with Crippen LogP contribution in [0.2, 0.25) is 0 Å². The number of rotatable bonds is 4. The van der Waals surface area contributed by atoms with Crippen molar-refractivity contribution in [1.29, 1.82) is 0 Å².